The number of carbonyl (C=O) groups excluding carboxylic acids is 1. The fourth-order valence-corrected chi connectivity index (χ4v) is 1.37. The molecule has 0 aliphatic heterocycles. The Morgan fingerprint density at radius 2 is 2.07 bits per heavy atom. The molecule has 6 nitrogen and oxygen atoms in total. The summed E-state index contributed by atoms with van der Waals surface area (Å²) in [6.45, 7) is 2.93. The van der Waals surface area contributed by atoms with Gasteiger partial charge in [-0.1, -0.05) is 0 Å². The van der Waals surface area contributed by atoms with Crippen LogP contribution < -0.4 is 10.5 Å². The van der Waals surface area contributed by atoms with Crippen molar-refractivity contribution >= 4 is 15.9 Å². The summed E-state index contributed by atoms with van der Waals surface area (Å²) in [5, 5.41) is 8.18. The van der Waals surface area contributed by atoms with E-state index in [-0.39, 0.29) is 6.54 Å². The first kappa shape index (κ1) is 12.9. The number of hydrogen-bond donors (Lipinski definition) is 2. The van der Waals surface area contributed by atoms with E-state index in [2.05, 4.69) is 4.72 Å². The van der Waals surface area contributed by atoms with E-state index in [1.165, 1.54) is 19.9 Å². The Labute approximate surface area is 83.1 Å². The van der Waals surface area contributed by atoms with E-state index < -0.39 is 27.1 Å². The molecule has 7 heteroatoms. The summed E-state index contributed by atoms with van der Waals surface area (Å²) in [6.07, 6.45) is 0. The third kappa shape index (κ3) is 4.20. The molecule has 1 amide bonds. The molecule has 0 spiro atoms. The van der Waals surface area contributed by atoms with Crippen molar-refractivity contribution in [2.45, 2.75) is 13.8 Å². The zero-order valence-corrected chi connectivity index (χ0v) is 8.89. The number of amides is 1. The Kier molecular flexibility index (Phi) is 4.04. The molecule has 0 aromatic heterocycles. The third-order valence-corrected chi connectivity index (χ3v) is 2.75. The minimum absolute atomic E-state index is 0.105. The Hall–Kier alpha value is -1.13. The average molecular weight is 219 g/mol. The standard InChI is InChI=1S/C7H13N3O3S/c1-7(2,6(9)11)5-10-14(12,13)4-3-8/h10H,4-5H2,1-2H3,(H2,9,11). The van der Waals surface area contributed by atoms with E-state index in [0.29, 0.717) is 0 Å². The van der Waals surface area contributed by atoms with Gasteiger partial charge in [0.25, 0.3) is 0 Å². The average Bonchev–Trinajstić information content (AvgIpc) is 2.01. The zero-order chi connectivity index (χ0) is 11.4. The maximum absolute atomic E-state index is 11.0. The van der Waals surface area contributed by atoms with Gasteiger partial charge in [0.05, 0.1) is 11.5 Å². The van der Waals surface area contributed by atoms with Crippen LogP contribution in [0.2, 0.25) is 0 Å². The molecule has 3 N–H and O–H groups in total. The molecule has 0 radical (unpaired) electrons. The SMILES string of the molecule is CC(C)(CNS(=O)(=O)CC#N)C(N)=O. The quantitative estimate of drug-likeness (QED) is 0.613. The van der Waals surface area contributed by atoms with Crippen molar-refractivity contribution in [3.63, 3.8) is 0 Å². The molecule has 14 heavy (non-hydrogen) atoms. The van der Waals surface area contributed by atoms with Crippen molar-refractivity contribution in [2.75, 3.05) is 12.3 Å². The predicted octanol–water partition coefficient (Wildman–Crippen LogP) is -1.06. The summed E-state index contributed by atoms with van der Waals surface area (Å²) in [7, 11) is -3.62. The summed E-state index contributed by atoms with van der Waals surface area (Å²) in [6, 6.07) is 1.51. The monoisotopic (exact) mass is 219 g/mol. The van der Waals surface area contributed by atoms with Crippen molar-refractivity contribution in [2.24, 2.45) is 11.1 Å². The summed E-state index contributed by atoms with van der Waals surface area (Å²) in [4.78, 5) is 10.8. The van der Waals surface area contributed by atoms with E-state index in [1.807, 2.05) is 0 Å². The highest BCUT2D eigenvalue weighted by atomic mass is 32.2. The topological polar surface area (TPSA) is 113 Å². The van der Waals surface area contributed by atoms with Gasteiger partial charge in [-0.15, -0.1) is 0 Å². The number of carbonyl (C=O) groups is 1. The van der Waals surface area contributed by atoms with Gasteiger partial charge in [0.2, 0.25) is 15.9 Å². The van der Waals surface area contributed by atoms with Crippen LogP contribution in [0.1, 0.15) is 13.8 Å². The lowest BCUT2D eigenvalue weighted by atomic mass is 9.93. The number of nitriles is 1. The van der Waals surface area contributed by atoms with E-state index in [1.54, 1.807) is 0 Å². The fourth-order valence-electron chi connectivity index (χ4n) is 0.514. The number of hydrogen-bond acceptors (Lipinski definition) is 4. The van der Waals surface area contributed by atoms with Crippen LogP contribution in [0.5, 0.6) is 0 Å². The Morgan fingerprint density at radius 3 is 2.43 bits per heavy atom. The molecule has 0 aromatic rings. The molecule has 0 unspecified atom stereocenters. The minimum Gasteiger partial charge on any atom is -0.369 e. The van der Waals surface area contributed by atoms with Gasteiger partial charge in [-0.05, 0) is 13.8 Å². The van der Waals surface area contributed by atoms with Gasteiger partial charge in [-0.2, -0.15) is 5.26 Å². The van der Waals surface area contributed by atoms with E-state index >= 15 is 0 Å². The van der Waals surface area contributed by atoms with Crippen molar-refractivity contribution in [3.05, 3.63) is 0 Å². The van der Waals surface area contributed by atoms with Gasteiger partial charge in [0, 0.05) is 6.54 Å². The molecule has 80 valence electrons. The molecule has 0 atom stereocenters. The van der Waals surface area contributed by atoms with E-state index in [4.69, 9.17) is 11.0 Å². The van der Waals surface area contributed by atoms with E-state index in [0.717, 1.165) is 0 Å². The molecule has 0 aromatic carbocycles. The van der Waals surface area contributed by atoms with Crippen LogP contribution in [0.15, 0.2) is 0 Å². The van der Waals surface area contributed by atoms with Crippen molar-refractivity contribution in [1.82, 2.24) is 4.72 Å². The van der Waals surface area contributed by atoms with Crippen LogP contribution in [-0.4, -0.2) is 26.6 Å². The van der Waals surface area contributed by atoms with Crippen LogP contribution in [0.3, 0.4) is 0 Å². The second-order valence-electron chi connectivity index (χ2n) is 3.49. The Morgan fingerprint density at radius 1 is 1.57 bits per heavy atom. The Balaban J connectivity index is 4.35. The highest BCUT2D eigenvalue weighted by molar-refractivity contribution is 7.89. The molecule has 0 fully saturated rings. The van der Waals surface area contributed by atoms with Gasteiger partial charge >= 0.3 is 0 Å². The fraction of sp³-hybridized carbons (Fsp3) is 0.714. The van der Waals surface area contributed by atoms with Gasteiger partial charge in [-0.3, -0.25) is 4.79 Å². The molecule has 0 saturated heterocycles. The van der Waals surface area contributed by atoms with E-state index in [9.17, 15) is 13.2 Å². The number of rotatable bonds is 5. The summed E-state index contributed by atoms with van der Waals surface area (Å²) in [5.74, 6) is -1.22. The van der Waals surface area contributed by atoms with Crippen LogP contribution in [-0.2, 0) is 14.8 Å². The lowest BCUT2D eigenvalue weighted by Gasteiger charge is -2.19. The molecular weight excluding hydrogens is 206 g/mol. The number of nitrogens with two attached hydrogens (primary N) is 1. The van der Waals surface area contributed by atoms with Crippen LogP contribution in [0, 0.1) is 16.7 Å². The minimum atomic E-state index is -3.62. The lowest BCUT2D eigenvalue weighted by Crippen LogP contribution is -2.42. The molecule has 0 heterocycles. The largest absolute Gasteiger partial charge is 0.369 e. The Bertz CT molecular complexity index is 353. The van der Waals surface area contributed by atoms with Crippen LogP contribution in [0.25, 0.3) is 0 Å². The van der Waals surface area contributed by atoms with Crippen molar-refractivity contribution in [1.29, 1.82) is 5.26 Å². The number of nitrogens with one attached hydrogen (secondary N) is 1. The van der Waals surface area contributed by atoms with Crippen molar-refractivity contribution in [3.8, 4) is 6.07 Å². The summed E-state index contributed by atoms with van der Waals surface area (Å²) in [5.41, 5.74) is 4.08. The summed E-state index contributed by atoms with van der Waals surface area (Å²) >= 11 is 0. The first-order valence-corrected chi connectivity index (χ1v) is 5.51. The molecular formula is C7H13N3O3S. The predicted molar refractivity (Wildman–Crippen MR) is 50.4 cm³/mol. The number of sulfonamides is 1. The third-order valence-electron chi connectivity index (χ3n) is 1.66. The van der Waals surface area contributed by atoms with Crippen LogP contribution in [0.4, 0.5) is 0 Å². The highest BCUT2D eigenvalue weighted by Crippen LogP contribution is 2.12. The first-order valence-electron chi connectivity index (χ1n) is 3.85. The summed E-state index contributed by atoms with van der Waals surface area (Å²) < 4.78 is 24.2. The number of primary amides is 1. The van der Waals surface area contributed by atoms with Gasteiger partial charge in [0.15, 0.2) is 5.75 Å². The lowest BCUT2D eigenvalue weighted by molar-refractivity contribution is -0.125. The second kappa shape index (κ2) is 4.39. The maximum atomic E-state index is 11.0. The maximum Gasteiger partial charge on any atom is 0.225 e. The molecule has 0 aliphatic carbocycles. The van der Waals surface area contributed by atoms with Gasteiger partial charge in [0.1, 0.15) is 0 Å². The molecule has 0 saturated carbocycles. The highest BCUT2D eigenvalue weighted by Gasteiger charge is 2.26. The first-order chi connectivity index (χ1) is 6.21. The van der Waals surface area contributed by atoms with Gasteiger partial charge < -0.3 is 5.73 Å². The van der Waals surface area contributed by atoms with Crippen LogP contribution >= 0.6 is 0 Å². The smallest absolute Gasteiger partial charge is 0.225 e. The molecule has 0 rings (SSSR count). The normalized spacial score (nSPS) is 12.1. The van der Waals surface area contributed by atoms with Gasteiger partial charge in [-0.25, -0.2) is 13.1 Å². The molecule has 0 aliphatic rings. The van der Waals surface area contributed by atoms with Crippen molar-refractivity contribution < 1.29 is 13.2 Å². The number of nitrogens with zero attached hydrogens (tertiary/aromatic N) is 1. The molecule has 0 bridgehead atoms. The zero-order valence-electron chi connectivity index (χ0n) is 8.07. The second-order valence-corrected chi connectivity index (χ2v) is 5.29.